The van der Waals surface area contributed by atoms with Gasteiger partial charge in [-0.2, -0.15) is 4.31 Å². The van der Waals surface area contributed by atoms with E-state index in [4.69, 9.17) is 5.73 Å². The third-order valence-corrected chi connectivity index (χ3v) is 6.25. The van der Waals surface area contributed by atoms with Crippen LogP contribution in [-0.2, 0) is 10.0 Å². The highest BCUT2D eigenvalue weighted by Crippen LogP contribution is 2.31. The second-order valence-electron chi connectivity index (χ2n) is 5.51. The molecule has 118 valence electrons. The molecule has 21 heavy (non-hydrogen) atoms. The number of hydrogen-bond acceptors (Lipinski definition) is 3. The first-order chi connectivity index (χ1) is 10.0. The molecule has 0 aliphatic heterocycles. The largest absolute Gasteiger partial charge is 0.330 e. The maximum atomic E-state index is 13.3. The molecule has 6 heteroatoms. The van der Waals surface area contributed by atoms with E-state index in [1.165, 1.54) is 22.5 Å². The minimum atomic E-state index is -3.68. The van der Waals surface area contributed by atoms with E-state index >= 15 is 0 Å². The van der Waals surface area contributed by atoms with Crippen LogP contribution in [0.1, 0.15) is 32.6 Å². The normalized spacial score (nSPS) is 23.4. The standard InChI is InChI=1S/C15H23FN2O2S/c1-2-18(15-9-4-3-6-12(15)11-17)21(19,20)14-8-5-7-13(16)10-14/h5,7-8,10,12,15H,2-4,6,9,11,17H2,1H3. The number of benzene rings is 1. The van der Waals surface area contributed by atoms with Crippen LogP contribution in [0.4, 0.5) is 4.39 Å². The van der Waals surface area contributed by atoms with Gasteiger partial charge in [0.25, 0.3) is 0 Å². The summed E-state index contributed by atoms with van der Waals surface area (Å²) in [6.45, 7) is 2.68. The van der Waals surface area contributed by atoms with Gasteiger partial charge in [0.05, 0.1) is 4.90 Å². The highest BCUT2D eigenvalue weighted by atomic mass is 32.2. The summed E-state index contributed by atoms with van der Waals surface area (Å²) >= 11 is 0. The van der Waals surface area contributed by atoms with Gasteiger partial charge in [-0.15, -0.1) is 0 Å². The van der Waals surface area contributed by atoms with Crippen molar-refractivity contribution in [3.05, 3.63) is 30.1 Å². The minimum absolute atomic E-state index is 0.0192. The molecule has 0 saturated heterocycles. The number of rotatable bonds is 5. The number of halogens is 1. The van der Waals surface area contributed by atoms with E-state index in [2.05, 4.69) is 0 Å². The maximum Gasteiger partial charge on any atom is 0.243 e. The van der Waals surface area contributed by atoms with Gasteiger partial charge >= 0.3 is 0 Å². The van der Waals surface area contributed by atoms with Crippen LogP contribution in [-0.4, -0.2) is 31.9 Å². The second kappa shape index (κ2) is 6.85. The lowest BCUT2D eigenvalue weighted by molar-refractivity contribution is 0.187. The van der Waals surface area contributed by atoms with E-state index in [0.717, 1.165) is 31.7 Å². The molecule has 0 spiro atoms. The zero-order chi connectivity index (χ0) is 15.5. The van der Waals surface area contributed by atoms with Crippen molar-refractivity contribution in [1.82, 2.24) is 4.31 Å². The van der Waals surface area contributed by atoms with Gasteiger partial charge in [0.2, 0.25) is 10.0 Å². The van der Waals surface area contributed by atoms with Crippen LogP contribution >= 0.6 is 0 Å². The van der Waals surface area contributed by atoms with Crippen molar-refractivity contribution in [2.24, 2.45) is 11.7 Å². The van der Waals surface area contributed by atoms with Crippen LogP contribution < -0.4 is 5.73 Å². The summed E-state index contributed by atoms with van der Waals surface area (Å²) in [5.74, 6) is -0.354. The van der Waals surface area contributed by atoms with Crippen LogP contribution in [0.15, 0.2) is 29.2 Å². The Kier molecular flexibility index (Phi) is 5.35. The molecule has 2 unspecified atom stereocenters. The van der Waals surface area contributed by atoms with E-state index in [1.807, 2.05) is 6.92 Å². The summed E-state index contributed by atoms with van der Waals surface area (Å²) in [6.07, 6.45) is 3.88. The molecule has 0 aromatic heterocycles. The van der Waals surface area contributed by atoms with Crippen LogP contribution in [0.2, 0.25) is 0 Å². The number of nitrogens with two attached hydrogens (primary N) is 1. The van der Waals surface area contributed by atoms with Gasteiger partial charge in [0, 0.05) is 12.6 Å². The fraction of sp³-hybridized carbons (Fsp3) is 0.600. The highest BCUT2D eigenvalue weighted by Gasteiger charge is 2.36. The molecule has 2 N–H and O–H groups in total. The van der Waals surface area contributed by atoms with Gasteiger partial charge in [-0.3, -0.25) is 0 Å². The molecular weight excluding hydrogens is 291 g/mol. The maximum absolute atomic E-state index is 13.3. The van der Waals surface area contributed by atoms with Gasteiger partial charge in [-0.1, -0.05) is 25.8 Å². The number of sulfonamides is 1. The van der Waals surface area contributed by atoms with Gasteiger partial charge in [0.1, 0.15) is 5.82 Å². The summed E-state index contributed by atoms with van der Waals surface area (Å²) in [6, 6.07) is 5.12. The van der Waals surface area contributed by atoms with E-state index in [1.54, 1.807) is 0 Å². The fourth-order valence-corrected chi connectivity index (χ4v) is 4.94. The summed E-state index contributed by atoms with van der Waals surface area (Å²) in [4.78, 5) is 0.0192. The van der Waals surface area contributed by atoms with Crippen molar-refractivity contribution in [3.63, 3.8) is 0 Å². The zero-order valence-corrected chi connectivity index (χ0v) is 13.2. The Morgan fingerprint density at radius 1 is 1.33 bits per heavy atom. The predicted octanol–water partition coefficient (Wildman–Crippen LogP) is 2.35. The monoisotopic (exact) mass is 314 g/mol. The van der Waals surface area contributed by atoms with Gasteiger partial charge in [-0.05, 0) is 43.5 Å². The van der Waals surface area contributed by atoms with Crippen LogP contribution in [0, 0.1) is 11.7 Å². The van der Waals surface area contributed by atoms with Crippen molar-refractivity contribution in [3.8, 4) is 0 Å². The highest BCUT2D eigenvalue weighted by molar-refractivity contribution is 7.89. The topological polar surface area (TPSA) is 63.4 Å². The molecule has 2 atom stereocenters. The zero-order valence-electron chi connectivity index (χ0n) is 12.3. The SMILES string of the molecule is CCN(C1CCCCC1CN)S(=O)(=O)c1cccc(F)c1. The first-order valence-electron chi connectivity index (χ1n) is 7.48. The van der Waals surface area contributed by atoms with Crippen LogP contribution in [0.5, 0.6) is 0 Å². The quantitative estimate of drug-likeness (QED) is 0.907. The molecule has 0 bridgehead atoms. The number of nitrogens with zero attached hydrogens (tertiary/aromatic N) is 1. The third-order valence-electron chi connectivity index (χ3n) is 4.26. The molecular formula is C15H23FN2O2S. The van der Waals surface area contributed by atoms with Crippen molar-refractivity contribution < 1.29 is 12.8 Å². The molecule has 0 heterocycles. The molecule has 0 radical (unpaired) electrons. The Balaban J connectivity index is 2.35. The minimum Gasteiger partial charge on any atom is -0.330 e. The van der Waals surface area contributed by atoms with E-state index in [0.29, 0.717) is 13.1 Å². The molecule has 1 aromatic carbocycles. The Bertz CT molecular complexity index is 577. The Hall–Kier alpha value is -0.980. The summed E-state index contributed by atoms with van der Waals surface area (Å²) < 4.78 is 40.4. The molecule has 1 aliphatic rings. The molecule has 1 saturated carbocycles. The van der Waals surface area contributed by atoms with E-state index in [-0.39, 0.29) is 16.9 Å². The Morgan fingerprint density at radius 2 is 2.05 bits per heavy atom. The van der Waals surface area contributed by atoms with Crippen molar-refractivity contribution in [2.45, 2.75) is 43.5 Å². The predicted molar refractivity (Wildman–Crippen MR) is 80.8 cm³/mol. The smallest absolute Gasteiger partial charge is 0.243 e. The molecule has 1 aromatic rings. The Labute approximate surface area is 126 Å². The van der Waals surface area contributed by atoms with Crippen molar-refractivity contribution in [1.29, 1.82) is 0 Å². The molecule has 2 rings (SSSR count). The van der Waals surface area contributed by atoms with Crippen molar-refractivity contribution in [2.75, 3.05) is 13.1 Å². The van der Waals surface area contributed by atoms with Gasteiger partial charge < -0.3 is 5.73 Å². The lowest BCUT2D eigenvalue weighted by atomic mass is 9.84. The summed E-state index contributed by atoms with van der Waals surface area (Å²) in [5, 5.41) is 0. The Morgan fingerprint density at radius 3 is 2.67 bits per heavy atom. The van der Waals surface area contributed by atoms with E-state index in [9.17, 15) is 12.8 Å². The van der Waals surface area contributed by atoms with Crippen molar-refractivity contribution >= 4 is 10.0 Å². The third kappa shape index (κ3) is 3.44. The molecule has 0 amide bonds. The van der Waals surface area contributed by atoms with E-state index < -0.39 is 15.8 Å². The van der Waals surface area contributed by atoms with Crippen LogP contribution in [0.25, 0.3) is 0 Å². The average Bonchev–Trinajstić information content (AvgIpc) is 2.48. The number of hydrogen-bond donors (Lipinski definition) is 1. The molecule has 4 nitrogen and oxygen atoms in total. The lowest BCUT2D eigenvalue weighted by Crippen LogP contribution is -2.47. The summed E-state index contributed by atoms with van der Waals surface area (Å²) in [7, 11) is -3.68. The average molecular weight is 314 g/mol. The second-order valence-corrected chi connectivity index (χ2v) is 7.40. The first-order valence-corrected chi connectivity index (χ1v) is 8.92. The molecule has 1 fully saturated rings. The first kappa shape index (κ1) is 16.4. The van der Waals surface area contributed by atoms with Crippen LogP contribution in [0.3, 0.4) is 0 Å². The lowest BCUT2D eigenvalue weighted by Gasteiger charge is -2.38. The molecule has 1 aliphatic carbocycles. The fourth-order valence-electron chi connectivity index (χ4n) is 3.19. The van der Waals surface area contributed by atoms with Gasteiger partial charge in [-0.25, -0.2) is 12.8 Å². The summed E-state index contributed by atoms with van der Waals surface area (Å²) in [5.41, 5.74) is 5.81. The van der Waals surface area contributed by atoms with Gasteiger partial charge in [0.15, 0.2) is 0 Å².